The smallest absolute Gasteiger partial charge is 0.180 e. The molecule has 7 heteroatoms. The first-order valence-corrected chi connectivity index (χ1v) is 6.71. The summed E-state index contributed by atoms with van der Waals surface area (Å²) < 4.78 is 5.43. The van der Waals surface area contributed by atoms with E-state index in [1.807, 2.05) is 0 Å². The Morgan fingerprint density at radius 2 is 2.28 bits per heavy atom. The average molecular weight is 312 g/mol. The molecule has 0 amide bonds. The maximum atomic E-state index is 5.78. The first-order valence-electron chi connectivity index (χ1n) is 5.89. The second-order valence-corrected chi connectivity index (χ2v) is 5.65. The quantitative estimate of drug-likeness (QED) is 0.879. The number of halogens is 2. The Labute approximate surface area is 124 Å². The highest BCUT2D eigenvalue weighted by atomic mass is 35.5. The third-order valence-corrected chi connectivity index (χ3v) is 4.45. The van der Waals surface area contributed by atoms with Crippen LogP contribution in [0.4, 0.5) is 5.13 Å². The summed E-state index contributed by atoms with van der Waals surface area (Å²) in [6.07, 6.45) is 3.37. The van der Waals surface area contributed by atoms with Gasteiger partial charge in [-0.25, -0.2) is 4.98 Å². The first-order chi connectivity index (χ1) is 7.83. The summed E-state index contributed by atoms with van der Waals surface area (Å²) >= 11 is 1.65. The van der Waals surface area contributed by atoms with Gasteiger partial charge in [0.15, 0.2) is 5.13 Å². The first kappa shape index (κ1) is 16.0. The van der Waals surface area contributed by atoms with Crippen molar-refractivity contribution in [1.82, 2.24) is 10.3 Å². The molecule has 0 saturated carbocycles. The summed E-state index contributed by atoms with van der Waals surface area (Å²) in [6.45, 7) is 2.87. The minimum Gasteiger partial charge on any atom is -0.381 e. The highest BCUT2D eigenvalue weighted by Gasteiger charge is 2.27. The van der Waals surface area contributed by atoms with Gasteiger partial charge in [0.2, 0.25) is 0 Å². The zero-order valence-electron chi connectivity index (χ0n) is 10.1. The molecule has 0 aliphatic carbocycles. The van der Waals surface area contributed by atoms with Crippen LogP contribution in [-0.4, -0.2) is 24.7 Å². The maximum Gasteiger partial charge on any atom is 0.180 e. The lowest BCUT2D eigenvalue weighted by atomic mass is 9.95. The van der Waals surface area contributed by atoms with Crippen LogP contribution in [-0.2, 0) is 11.2 Å². The van der Waals surface area contributed by atoms with Crippen molar-refractivity contribution in [3.05, 3.63) is 10.6 Å². The minimum atomic E-state index is 0. The van der Waals surface area contributed by atoms with Gasteiger partial charge in [-0.2, -0.15) is 0 Å². The third-order valence-electron chi connectivity index (χ3n) is 3.41. The van der Waals surface area contributed by atoms with Gasteiger partial charge in [-0.15, -0.1) is 36.2 Å². The SMILES string of the molecule is Cl.Cl.Nc1nc2c(s1)C(CC1CCOC1)NCC2. The van der Waals surface area contributed by atoms with Crippen LogP contribution in [0.15, 0.2) is 0 Å². The molecule has 2 aliphatic heterocycles. The van der Waals surface area contributed by atoms with Crippen LogP contribution in [0.1, 0.15) is 29.5 Å². The molecular weight excluding hydrogens is 293 g/mol. The van der Waals surface area contributed by atoms with Crippen molar-refractivity contribution >= 4 is 41.3 Å². The lowest BCUT2D eigenvalue weighted by Crippen LogP contribution is -2.30. The van der Waals surface area contributed by atoms with E-state index in [0.29, 0.717) is 17.1 Å². The van der Waals surface area contributed by atoms with E-state index < -0.39 is 0 Å². The van der Waals surface area contributed by atoms with Crippen LogP contribution >= 0.6 is 36.2 Å². The second-order valence-electron chi connectivity index (χ2n) is 4.59. The molecule has 18 heavy (non-hydrogen) atoms. The maximum absolute atomic E-state index is 5.78. The van der Waals surface area contributed by atoms with Gasteiger partial charge in [0.05, 0.1) is 5.69 Å². The van der Waals surface area contributed by atoms with E-state index in [9.17, 15) is 0 Å². The zero-order valence-corrected chi connectivity index (χ0v) is 12.5. The number of hydrogen-bond donors (Lipinski definition) is 2. The topological polar surface area (TPSA) is 60.2 Å². The molecule has 2 unspecified atom stereocenters. The van der Waals surface area contributed by atoms with Gasteiger partial charge in [0.25, 0.3) is 0 Å². The molecule has 1 aromatic heterocycles. The zero-order chi connectivity index (χ0) is 11.0. The van der Waals surface area contributed by atoms with Crippen molar-refractivity contribution in [2.24, 2.45) is 5.92 Å². The lowest BCUT2D eigenvalue weighted by Gasteiger charge is -2.24. The summed E-state index contributed by atoms with van der Waals surface area (Å²) in [5.41, 5.74) is 7.00. The number of nitrogens with two attached hydrogens (primary N) is 1. The van der Waals surface area contributed by atoms with E-state index in [0.717, 1.165) is 32.6 Å². The van der Waals surface area contributed by atoms with Crippen molar-refractivity contribution in [3.8, 4) is 0 Å². The van der Waals surface area contributed by atoms with Gasteiger partial charge < -0.3 is 15.8 Å². The molecule has 3 N–H and O–H groups in total. The molecule has 2 atom stereocenters. The Balaban J connectivity index is 0.000000810. The number of thiazole rings is 1. The van der Waals surface area contributed by atoms with Crippen LogP contribution in [0.2, 0.25) is 0 Å². The number of nitrogens with zero attached hydrogens (tertiary/aromatic N) is 1. The summed E-state index contributed by atoms with van der Waals surface area (Å²) in [6, 6.07) is 0.449. The average Bonchev–Trinajstić information content (AvgIpc) is 2.86. The number of hydrogen-bond acceptors (Lipinski definition) is 5. The van der Waals surface area contributed by atoms with Crippen LogP contribution in [0.5, 0.6) is 0 Å². The minimum absolute atomic E-state index is 0. The molecule has 1 fully saturated rings. The lowest BCUT2D eigenvalue weighted by molar-refractivity contribution is 0.181. The van der Waals surface area contributed by atoms with Gasteiger partial charge >= 0.3 is 0 Å². The van der Waals surface area contributed by atoms with Crippen LogP contribution < -0.4 is 11.1 Å². The third kappa shape index (κ3) is 3.27. The van der Waals surface area contributed by atoms with Crippen LogP contribution in [0.3, 0.4) is 0 Å². The molecule has 1 aromatic rings. The highest BCUT2D eigenvalue weighted by molar-refractivity contribution is 7.15. The number of aromatic nitrogens is 1. The van der Waals surface area contributed by atoms with E-state index in [1.54, 1.807) is 11.3 Å². The summed E-state index contributed by atoms with van der Waals surface area (Å²) in [5.74, 6) is 0.701. The number of rotatable bonds is 2. The molecule has 0 radical (unpaired) electrons. The molecule has 3 rings (SSSR count). The predicted octanol–water partition coefficient (Wildman–Crippen LogP) is 2.18. The van der Waals surface area contributed by atoms with Crippen molar-refractivity contribution in [2.45, 2.75) is 25.3 Å². The number of anilines is 1. The number of fused-ring (bicyclic) bond motifs is 1. The molecule has 0 aromatic carbocycles. The molecule has 3 heterocycles. The molecule has 4 nitrogen and oxygen atoms in total. The Kier molecular flexibility index (Phi) is 6.14. The van der Waals surface area contributed by atoms with Crippen LogP contribution in [0.25, 0.3) is 0 Å². The van der Waals surface area contributed by atoms with E-state index in [-0.39, 0.29) is 24.8 Å². The summed E-state index contributed by atoms with van der Waals surface area (Å²) in [7, 11) is 0. The van der Waals surface area contributed by atoms with Crippen molar-refractivity contribution in [1.29, 1.82) is 0 Å². The van der Waals surface area contributed by atoms with Crippen LogP contribution in [0, 0.1) is 5.92 Å². The fraction of sp³-hybridized carbons (Fsp3) is 0.727. The highest BCUT2D eigenvalue weighted by Crippen LogP contribution is 2.35. The van der Waals surface area contributed by atoms with E-state index in [4.69, 9.17) is 10.5 Å². The monoisotopic (exact) mass is 311 g/mol. The molecular formula is C11H19Cl2N3OS. The molecule has 1 saturated heterocycles. The van der Waals surface area contributed by atoms with Gasteiger partial charge in [-0.1, -0.05) is 0 Å². The van der Waals surface area contributed by atoms with Gasteiger partial charge in [0, 0.05) is 37.1 Å². The van der Waals surface area contributed by atoms with Gasteiger partial charge in [-0.05, 0) is 18.8 Å². The van der Waals surface area contributed by atoms with Crippen molar-refractivity contribution < 1.29 is 4.74 Å². The Morgan fingerprint density at radius 3 is 3.00 bits per heavy atom. The largest absolute Gasteiger partial charge is 0.381 e. The number of nitrogen functional groups attached to an aromatic ring is 1. The number of ether oxygens (including phenoxy) is 1. The number of nitrogens with one attached hydrogen (secondary N) is 1. The summed E-state index contributed by atoms with van der Waals surface area (Å²) in [5, 5.41) is 4.28. The van der Waals surface area contributed by atoms with Crippen molar-refractivity contribution in [3.63, 3.8) is 0 Å². The Bertz CT molecular complexity index is 382. The Hall–Kier alpha value is -0.0700. The van der Waals surface area contributed by atoms with E-state index >= 15 is 0 Å². The molecule has 0 spiro atoms. The summed E-state index contributed by atoms with van der Waals surface area (Å²) in [4.78, 5) is 5.76. The van der Waals surface area contributed by atoms with E-state index in [2.05, 4.69) is 10.3 Å². The molecule has 104 valence electrons. The van der Waals surface area contributed by atoms with Gasteiger partial charge in [0.1, 0.15) is 0 Å². The Morgan fingerprint density at radius 1 is 1.44 bits per heavy atom. The standard InChI is InChI=1S/C11H17N3OS.2ClH/c12-11-14-8-1-3-13-9(10(8)16-11)5-7-2-4-15-6-7;;/h7,9,13H,1-6H2,(H2,12,14);2*1H. The van der Waals surface area contributed by atoms with E-state index in [1.165, 1.54) is 17.0 Å². The fourth-order valence-electron chi connectivity index (χ4n) is 2.58. The van der Waals surface area contributed by atoms with Crippen molar-refractivity contribution in [2.75, 3.05) is 25.5 Å². The normalized spacial score (nSPS) is 26.0. The molecule has 0 bridgehead atoms. The van der Waals surface area contributed by atoms with Gasteiger partial charge in [-0.3, -0.25) is 0 Å². The predicted molar refractivity (Wildman–Crippen MR) is 79.0 cm³/mol. The second kappa shape index (κ2) is 6.91. The fourth-order valence-corrected chi connectivity index (χ4v) is 3.55. The molecule has 2 aliphatic rings.